The van der Waals surface area contributed by atoms with Gasteiger partial charge in [0.25, 0.3) is 0 Å². The fourth-order valence-corrected chi connectivity index (χ4v) is 3.51. The molecule has 0 aliphatic carbocycles. The Hall–Kier alpha value is -1.10. The normalized spacial score (nSPS) is 10.9. The summed E-state index contributed by atoms with van der Waals surface area (Å²) in [6, 6.07) is 14.1. The Kier molecular flexibility index (Phi) is 4.24. The largest absolute Gasteiger partial charge is 0.361 e. The van der Waals surface area contributed by atoms with Gasteiger partial charge in [-0.25, -0.2) is 4.98 Å². The molecule has 0 aliphatic heterocycles. The van der Waals surface area contributed by atoms with Gasteiger partial charge in [0.05, 0.1) is 10.2 Å². The Bertz CT molecular complexity index is 724. The number of thiazole rings is 1. The third-order valence-corrected chi connectivity index (χ3v) is 4.67. The average molecular weight is 368 g/mol. The number of benzene rings is 2. The molecule has 3 aromatic rings. The van der Waals surface area contributed by atoms with E-state index in [1.54, 1.807) is 11.3 Å². The topological polar surface area (TPSA) is 24.9 Å². The summed E-state index contributed by atoms with van der Waals surface area (Å²) in [5, 5.41) is 5.12. The maximum atomic E-state index is 5.87. The van der Waals surface area contributed by atoms with Crippen molar-refractivity contribution in [3.63, 3.8) is 0 Å². The summed E-state index contributed by atoms with van der Waals surface area (Å²) >= 11 is 11.0. The molecule has 0 aliphatic rings. The molecule has 2 nitrogen and oxygen atoms in total. The van der Waals surface area contributed by atoms with E-state index >= 15 is 0 Å². The molecule has 5 heteroatoms. The molecule has 0 atom stereocenters. The Balaban J connectivity index is 1.63. The lowest BCUT2D eigenvalue weighted by Gasteiger charge is -2.02. The van der Waals surface area contributed by atoms with E-state index in [9.17, 15) is 0 Å². The zero-order valence-corrected chi connectivity index (χ0v) is 13.7. The van der Waals surface area contributed by atoms with Crippen LogP contribution < -0.4 is 5.32 Å². The molecule has 1 N–H and O–H groups in total. The van der Waals surface area contributed by atoms with Gasteiger partial charge in [-0.05, 0) is 42.3 Å². The van der Waals surface area contributed by atoms with Crippen LogP contribution in [-0.2, 0) is 6.42 Å². The number of rotatable bonds is 4. The van der Waals surface area contributed by atoms with Gasteiger partial charge in [0.15, 0.2) is 5.13 Å². The molecule has 1 heterocycles. The number of nitrogens with one attached hydrogen (secondary N) is 1. The van der Waals surface area contributed by atoms with E-state index in [-0.39, 0.29) is 0 Å². The quantitative estimate of drug-likeness (QED) is 0.671. The van der Waals surface area contributed by atoms with Crippen molar-refractivity contribution in [3.8, 4) is 0 Å². The smallest absolute Gasteiger partial charge is 0.183 e. The van der Waals surface area contributed by atoms with Crippen molar-refractivity contribution in [3.05, 3.63) is 57.5 Å². The summed E-state index contributed by atoms with van der Waals surface area (Å²) in [6.45, 7) is 0.864. The highest BCUT2D eigenvalue weighted by molar-refractivity contribution is 9.10. The highest BCUT2D eigenvalue weighted by Crippen LogP contribution is 2.28. The minimum atomic E-state index is 0.776. The van der Waals surface area contributed by atoms with Crippen molar-refractivity contribution >= 4 is 54.2 Å². The molecule has 0 radical (unpaired) electrons. The zero-order chi connectivity index (χ0) is 13.9. The molecule has 20 heavy (non-hydrogen) atoms. The molecule has 0 saturated carbocycles. The summed E-state index contributed by atoms with van der Waals surface area (Å²) < 4.78 is 2.27. The van der Waals surface area contributed by atoms with Crippen LogP contribution in [0.15, 0.2) is 46.9 Å². The second-order valence-electron chi connectivity index (χ2n) is 4.43. The first-order chi connectivity index (χ1) is 9.70. The highest BCUT2D eigenvalue weighted by atomic mass is 79.9. The van der Waals surface area contributed by atoms with Crippen molar-refractivity contribution in [2.75, 3.05) is 11.9 Å². The van der Waals surface area contributed by atoms with E-state index in [2.05, 4.69) is 44.4 Å². The number of fused-ring (bicyclic) bond motifs is 1. The first-order valence-corrected chi connectivity index (χ1v) is 8.24. The van der Waals surface area contributed by atoms with E-state index in [0.29, 0.717) is 0 Å². The van der Waals surface area contributed by atoms with Gasteiger partial charge >= 0.3 is 0 Å². The lowest BCUT2D eigenvalue weighted by Crippen LogP contribution is -2.04. The summed E-state index contributed by atoms with van der Waals surface area (Å²) in [5.41, 5.74) is 2.30. The van der Waals surface area contributed by atoms with Crippen LogP contribution in [0.4, 0.5) is 5.13 Å². The van der Waals surface area contributed by atoms with Gasteiger partial charge < -0.3 is 5.32 Å². The fraction of sp³-hybridized carbons (Fsp3) is 0.133. The third-order valence-electron chi connectivity index (χ3n) is 2.95. The van der Waals surface area contributed by atoms with Crippen molar-refractivity contribution < 1.29 is 0 Å². The molecule has 102 valence electrons. The monoisotopic (exact) mass is 366 g/mol. The molecule has 2 aromatic carbocycles. The van der Waals surface area contributed by atoms with Crippen LogP contribution in [0.25, 0.3) is 10.2 Å². The first kappa shape index (κ1) is 13.9. The van der Waals surface area contributed by atoms with Crippen molar-refractivity contribution in [1.82, 2.24) is 4.98 Å². The molecule has 0 amide bonds. The van der Waals surface area contributed by atoms with E-state index in [1.807, 2.05) is 24.3 Å². The van der Waals surface area contributed by atoms with E-state index in [0.717, 1.165) is 33.1 Å². The van der Waals surface area contributed by atoms with Gasteiger partial charge in [-0.15, -0.1) is 0 Å². The number of halogens is 2. The Morgan fingerprint density at radius 1 is 1.15 bits per heavy atom. The van der Waals surface area contributed by atoms with E-state index < -0.39 is 0 Å². The lowest BCUT2D eigenvalue weighted by molar-refractivity contribution is 1.02. The predicted octanol–water partition coefficient (Wildman–Crippen LogP) is 5.37. The van der Waals surface area contributed by atoms with Crippen LogP contribution in [0.1, 0.15) is 5.56 Å². The van der Waals surface area contributed by atoms with Gasteiger partial charge in [-0.2, -0.15) is 0 Å². The molecule has 0 saturated heterocycles. The van der Waals surface area contributed by atoms with Crippen LogP contribution in [0, 0.1) is 0 Å². The Morgan fingerprint density at radius 3 is 2.75 bits per heavy atom. The highest BCUT2D eigenvalue weighted by Gasteiger charge is 2.03. The standard InChI is InChI=1S/C15H12BrClN2S/c16-11-3-6-13-14(9-11)20-15(19-13)18-8-7-10-1-4-12(17)5-2-10/h1-6,9H,7-8H2,(H,18,19). The number of hydrogen-bond acceptors (Lipinski definition) is 3. The molecule has 0 bridgehead atoms. The second kappa shape index (κ2) is 6.12. The molecular weight excluding hydrogens is 356 g/mol. The van der Waals surface area contributed by atoms with Crippen LogP contribution >= 0.6 is 38.9 Å². The average Bonchev–Trinajstić information content (AvgIpc) is 2.83. The molecule has 0 unspecified atom stereocenters. The zero-order valence-electron chi connectivity index (χ0n) is 10.6. The van der Waals surface area contributed by atoms with Gasteiger partial charge in [-0.1, -0.05) is 51.0 Å². The molecule has 3 rings (SSSR count). The summed E-state index contributed by atoms with van der Waals surface area (Å²) in [4.78, 5) is 4.56. The Morgan fingerprint density at radius 2 is 1.95 bits per heavy atom. The summed E-state index contributed by atoms with van der Waals surface area (Å²) in [5.74, 6) is 0. The molecule has 1 aromatic heterocycles. The van der Waals surface area contributed by atoms with Gasteiger partial charge in [0.1, 0.15) is 0 Å². The van der Waals surface area contributed by atoms with Gasteiger partial charge in [0.2, 0.25) is 0 Å². The summed E-state index contributed by atoms with van der Waals surface area (Å²) in [6.07, 6.45) is 0.955. The van der Waals surface area contributed by atoms with Gasteiger partial charge in [0, 0.05) is 16.0 Å². The number of anilines is 1. The number of hydrogen-bond donors (Lipinski definition) is 1. The minimum absolute atomic E-state index is 0.776. The fourth-order valence-electron chi connectivity index (χ4n) is 1.94. The van der Waals surface area contributed by atoms with Crippen LogP contribution in [0.2, 0.25) is 5.02 Å². The SMILES string of the molecule is Clc1ccc(CCNc2nc3ccc(Br)cc3s2)cc1. The second-order valence-corrected chi connectivity index (χ2v) is 6.82. The first-order valence-electron chi connectivity index (χ1n) is 6.25. The van der Waals surface area contributed by atoms with Crippen LogP contribution in [-0.4, -0.2) is 11.5 Å². The van der Waals surface area contributed by atoms with Crippen molar-refractivity contribution in [2.24, 2.45) is 0 Å². The lowest BCUT2D eigenvalue weighted by atomic mass is 10.1. The van der Waals surface area contributed by atoms with E-state index in [4.69, 9.17) is 11.6 Å². The van der Waals surface area contributed by atoms with Crippen molar-refractivity contribution in [2.45, 2.75) is 6.42 Å². The molecule has 0 fully saturated rings. The maximum absolute atomic E-state index is 5.87. The van der Waals surface area contributed by atoms with E-state index in [1.165, 1.54) is 10.3 Å². The van der Waals surface area contributed by atoms with Gasteiger partial charge in [-0.3, -0.25) is 0 Å². The number of aromatic nitrogens is 1. The molecule has 0 spiro atoms. The third kappa shape index (κ3) is 3.32. The molecular formula is C15H12BrClN2S. The van der Waals surface area contributed by atoms with Crippen LogP contribution in [0.5, 0.6) is 0 Å². The Labute approximate surface area is 134 Å². The predicted molar refractivity (Wildman–Crippen MR) is 91.0 cm³/mol. The summed E-state index contributed by atoms with van der Waals surface area (Å²) in [7, 11) is 0. The van der Waals surface area contributed by atoms with Crippen molar-refractivity contribution in [1.29, 1.82) is 0 Å². The number of nitrogens with zero attached hydrogens (tertiary/aromatic N) is 1. The minimum Gasteiger partial charge on any atom is -0.361 e. The van der Waals surface area contributed by atoms with Crippen LogP contribution in [0.3, 0.4) is 0 Å². The maximum Gasteiger partial charge on any atom is 0.183 e.